The first-order valence-corrected chi connectivity index (χ1v) is 5.37. The molecule has 15 heavy (non-hydrogen) atoms. The third kappa shape index (κ3) is 4.16. The molecule has 0 aliphatic carbocycles. The lowest BCUT2D eigenvalue weighted by atomic mass is 9.95. The van der Waals surface area contributed by atoms with Gasteiger partial charge in [-0.2, -0.15) is 0 Å². The van der Waals surface area contributed by atoms with Crippen molar-refractivity contribution in [1.29, 1.82) is 0 Å². The van der Waals surface area contributed by atoms with Crippen LogP contribution in [0.15, 0.2) is 59.8 Å². The lowest BCUT2D eigenvalue weighted by molar-refractivity contribution is 1.07. The zero-order valence-electron chi connectivity index (χ0n) is 10.4. The van der Waals surface area contributed by atoms with Crippen LogP contribution in [-0.4, -0.2) is 0 Å². The van der Waals surface area contributed by atoms with Crippen LogP contribution >= 0.6 is 0 Å². The quantitative estimate of drug-likeness (QED) is 0.552. The molecule has 0 spiro atoms. The van der Waals surface area contributed by atoms with Crippen molar-refractivity contribution < 1.29 is 0 Å². The van der Waals surface area contributed by atoms with Gasteiger partial charge in [0.05, 0.1) is 0 Å². The molecule has 0 aliphatic heterocycles. The Morgan fingerprint density at radius 2 is 1.67 bits per heavy atom. The minimum absolute atomic E-state index is 1.06. The summed E-state index contributed by atoms with van der Waals surface area (Å²) in [6.07, 6.45) is 8.87. The predicted octanol–water partition coefficient (Wildman–Crippen LogP) is 4.98. The van der Waals surface area contributed by atoms with Gasteiger partial charge in [-0.3, -0.25) is 0 Å². The Morgan fingerprint density at radius 1 is 1.07 bits per heavy atom. The van der Waals surface area contributed by atoms with Gasteiger partial charge in [0.25, 0.3) is 0 Å². The van der Waals surface area contributed by atoms with Gasteiger partial charge >= 0.3 is 0 Å². The highest BCUT2D eigenvalue weighted by molar-refractivity contribution is 5.50. The Hall–Kier alpha value is -1.30. The van der Waals surface area contributed by atoms with E-state index in [4.69, 9.17) is 0 Å². The SMILES string of the molecule is C=C/C=C\C(C(C=C)=C(C)C)=C(\C)CC. The van der Waals surface area contributed by atoms with Crippen molar-refractivity contribution in [3.8, 4) is 0 Å². The van der Waals surface area contributed by atoms with E-state index >= 15 is 0 Å². The summed E-state index contributed by atoms with van der Waals surface area (Å²) in [6.45, 7) is 16.1. The molecule has 0 fully saturated rings. The maximum atomic E-state index is 3.88. The van der Waals surface area contributed by atoms with Gasteiger partial charge in [-0.25, -0.2) is 0 Å². The number of hydrogen-bond acceptors (Lipinski definition) is 0. The van der Waals surface area contributed by atoms with Gasteiger partial charge in [0.2, 0.25) is 0 Å². The molecular weight excluding hydrogens is 180 g/mol. The van der Waals surface area contributed by atoms with Gasteiger partial charge < -0.3 is 0 Å². The van der Waals surface area contributed by atoms with E-state index in [0.29, 0.717) is 0 Å². The maximum Gasteiger partial charge on any atom is -0.0196 e. The summed E-state index contributed by atoms with van der Waals surface area (Å²) < 4.78 is 0. The van der Waals surface area contributed by atoms with E-state index in [1.165, 1.54) is 22.3 Å². The second kappa shape index (κ2) is 7.05. The first-order valence-electron chi connectivity index (χ1n) is 5.37. The second-order valence-electron chi connectivity index (χ2n) is 3.76. The van der Waals surface area contributed by atoms with Crippen molar-refractivity contribution in [2.75, 3.05) is 0 Å². The smallest absolute Gasteiger partial charge is 0.0196 e. The molecule has 0 amide bonds. The first-order chi connectivity index (χ1) is 7.08. The summed E-state index contributed by atoms with van der Waals surface area (Å²) in [5, 5.41) is 0. The molecule has 0 aliphatic rings. The Labute approximate surface area is 94.4 Å². The Bertz CT molecular complexity index is 318. The molecule has 0 aromatic carbocycles. The maximum absolute atomic E-state index is 3.88. The highest BCUT2D eigenvalue weighted by atomic mass is 14.1. The van der Waals surface area contributed by atoms with E-state index < -0.39 is 0 Å². The lowest BCUT2D eigenvalue weighted by Crippen LogP contribution is -1.91. The standard InChI is InChI=1S/C15H22/c1-7-10-11-15(13(6)8-2)14(9-3)12(4)5/h7,9-11H,1,3,8H2,2,4-6H3/b11-10-,15-13+. The van der Waals surface area contributed by atoms with Crippen LogP contribution in [0.25, 0.3) is 0 Å². The highest BCUT2D eigenvalue weighted by Crippen LogP contribution is 2.22. The van der Waals surface area contributed by atoms with Gasteiger partial charge in [-0.1, -0.05) is 55.5 Å². The average Bonchev–Trinajstić information content (AvgIpc) is 2.22. The third-order valence-electron chi connectivity index (χ3n) is 2.42. The third-order valence-corrected chi connectivity index (χ3v) is 2.42. The summed E-state index contributed by atoms with van der Waals surface area (Å²) >= 11 is 0. The Kier molecular flexibility index (Phi) is 6.44. The van der Waals surface area contributed by atoms with Gasteiger partial charge in [-0.05, 0) is 38.3 Å². The zero-order valence-corrected chi connectivity index (χ0v) is 10.4. The van der Waals surface area contributed by atoms with Crippen LogP contribution in [0.2, 0.25) is 0 Å². The van der Waals surface area contributed by atoms with Crippen LogP contribution in [0.3, 0.4) is 0 Å². The summed E-state index contributed by atoms with van der Waals surface area (Å²) in [5.41, 5.74) is 5.17. The van der Waals surface area contributed by atoms with Crippen LogP contribution in [0.1, 0.15) is 34.1 Å². The molecule has 0 heteroatoms. The normalized spacial score (nSPS) is 12.3. The molecule has 0 nitrogen and oxygen atoms in total. The van der Waals surface area contributed by atoms with Crippen LogP contribution in [-0.2, 0) is 0 Å². The summed E-state index contributed by atoms with van der Waals surface area (Å²) in [6, 6.07) is 0. The average molecular weight is 202 g/mol. The molecule has 0 saturated heterocycles. The van der Waals surface area contributed by atoms with Gasteiger partial charge in [0.1, 0.15) is 0 Å². The summed E-state index contributed by atoms with van der Waals surface area (Å²) in [4.78, 5) is 0. The zero-order chi connectivity index (χ0) is 11.8. The topological polar surface area (TPSA) is 0 Å². The lowest BCUT2D eigenvalue weighted by Gasteiger charge is -2.10. The fourth-order valence-corrected chi connectivity index (χ4v) is 1.40. The van der Waals surface area contributed by atoms with E-state index in [1.807, 2.05) is 12.2 Å². The van der Waals surface area contributed by atoms with Gasteiger partial charge in [0, 0.05) is 0 Å². The van der Waals surface area contributed by atoms with Gasteiger partial charge in [-0.15, -0.1) is 0 Å². The number of rotatable bonds is 5. The monoisotopic (exact) mass is 202 g/mol. The Morgan fingerprint density at radius 3 is 2.00 bits per heavy atom. The van der Waals surface area contributed by atoms with Gasteiger partial charge in [0.15, 0.2) is 0 Å². The molecular formula is C15H22. The molecule has 0 radical (unpaired) electrons. The van der Waals surface area contributed by atoms with Crippen molar-refractivity contribution in [3.63, 3.8) is 0 Å². The molecule has 0 atom stereocenters. The summed E-state index contributed by atoms with van der Waals surface area (Å²) in [5.74, 6) is 0. The van der Waals surface area contributed by atoms with Crippen LogP contribution in [0.5, 0.6) is 0 Å². The minimum atomic E-state index is 1.06. The van der Waals surface area contributed by atoms with E-state index in [2.05, 4.69) is 46.9 Å². The fourth-order valence-electron chi connectivity index (χ4n) is 1.40. The van der Waals surface area contributed by atoms with Crippen LogP contribution in [0.4, 0.5) is 0 Å². The molecule has 0 N–H and O–H groups in total. The molecule has 0 rings (SSSR count). The minimum Gasteiger partial charge on any atom is -0.0991 e. The van der Waals surface area contributed by atoms with Crippen molar-refractivity contribution in [2.45, 2.75) is 34.1 Å². The number of allylic oxidation sites excluding steroid dienone is 8. The van der Waals surface area contributed by atoms with E-state index in [9.17, 15) is 0 Å². The molecule has 0 aromatic heterocycles. The molecule has 82 valence electrons. The van der Waals surface area contributed by atoms with Crippen molar-refractivity contribution in [1.82, 2.24) is 0 Å². The molecule has 0 aromatic rings. The molecule has 0 heterocycles. The fraction of sp³-hybridized carbons (Fsp3) is 0.333. The highest BCUT2D eigenvalue weighted by Gasteiger charge is 2.03. The van der Waals surface area contributed by atoms with E-state index in [-0.39, 0.29) is 0 Å². The molecule has 0 unspecified atom stereocenters. The first kappa shape index (κ1) is 13.7. The van der Waals surface area contributed by atoms with Crippen molar-refractivity contribution >= 4 is 0 Å². The molecule has 0 saturated carbocycles. The van der Waals surface area contributed by atoms with Crippen molar-refractivity contribution in [2.24, 2.45) is 0 Å². The van der Waals surface area contributed by atoms with Crippen LogP contribution < -0.4 is 0 Å². The molecule has 0 bridgehead atoms. The second-order valence-corrected chi connectivity index (χ2v) is 3.76. The van der Waals surface area contributed by atoms with Crippen molar-refractivity contribution in [3.05, 3.63) is 59.8 Å². The number of hydrogen-bond donors (Lipinski definition) is 0. The Balaban J connectivity index is 5.49. The predicted molar refractivity (Wildman–Crippen MR) is 70.9 cm³/mol. The van der Waals surface area contributed by atoms with E-state index in [0.717, 1.165) is 6.42 Å². The van der Waals surface area contributed by atoms with Crippen LogP contribution in [0, 0.1) is 0 Å². The largest absolute Gasteiger partial charge is 0.0991 e. The van der Waals surface area contributed by atoms with E-state index in [1.54, 1.807) is 6.08 Å². The summed E-state index contributed by atoms with van der Waals surface area (Å²) in [7, 11) is 0.